The zero-order valence-corrected chi connectivity index (χ0v) is 12.5. The minimum absolute atomic E-state index is 0.117. The highest BCUT2D eigenvalue weighted by atomic mass is 35.5. The van der Waals surface area contributed by atoms with Gasteiger partial charge in [-0.05, 0) is 50.3 Å². The molecule has 3 rings (SSSR count). The van der Waals surface area contributed by atoms with Gasteiger partial charge in [0.1, 0.15) is 5.58 Å². The van der Waals surface area contributed by atoms with Gasteiger partial charge in [0.15, 0.2) is 5.76 Å². The Morgan fingerprint density at radius 2 is 2.20 bits per heavy atom. The van der Waals surface area contributed by atoms with Crippen LogP contribution in [0, 0.1) is 12.8 Å². The lowest BCUT2D eigenvalue weighted by molar-refractivity contribution is 0.0910. The van der Waals surface area contributed by atoms with Gasteiger partial charge in [-0.2, -0.15) is 0 Å². The van der Waals surface area contributed by atoms with Crippen molar-refractivity contribution in [3.05, 3.63) is 34.5 Å². The molecule has 1 amide bonds. The standard InChI is InChI=1S/C16H18ClNO2/c1-9-3-5-12(7-9)18-16(19)15-10(2)13-8-11(17)4-6-14(13)20-15/h4,6,8-9,12H,3,5,7H2,1-2H3,(H,18,19). The third-order valence-electron chi connectivity index (χ3n) is 4.13. The Bertz CT molecular complexity index is 662. The number of hydrogen-bond acceptors (Lipinski definition) is 2. The predicted molar refractivity (Wildman–Crippen MR) is 80.2 cm³/mol. The summed E-state index contributed by atoms with van der Waals surface area (Å²) in [6, 6.07) is 5.69. The van der Waals surface area contributed by atoms with E-state index in [0.717, 1.165) is 23.8 Å². The van der Waals surface area contributed by atoms with E-state index in [1.54, 1.807) is 12.1 Å². The van der Waals surface area contributed by atoms with E-state index in [4.69, 9.17) is 16.0 Å². The van der Waals surface area contributed by atoms with Crippen LogP contribution in [0.3, 0.4) is 0 Å². The molecule has 1 heterocycles. The van der Waals surface area contributed by atoms with Gasteiger partial charge in [0.25, 0.3) is 5.91 Å². The summed E-state index contributed by atoms with van der Waals surface area (Å²) in [6.45, 7) is 4.12. The van der Waals surface area contributed by atoms with Crippen molar-refractivity contribution < 1.29 is 9.21 Å². The van der Waals surface area contributed by atoms with Crippen LogP contribution in [0.1, 0.15) is 42.3 Å². The van der Waals surface area contributed by atoms with Gasteiger partial charge in [-0.25, -0.2) is 0 Å². The third-order valence-corrected chi connectivity index (χ3v) is 4.37. The van der Waals surface area contributed by atoms with Crippen molar-refractivity contribution in [3.63, 3.8) is 0 Å². The second-order valence-corrected chi connectivity index (χ2v) is 6.22. The molecule has 2 unspecified atom stereocenters. The molecule has 2 atom stereocenters. The number of furan rings is 1. The van der Waals surface area contributed by atoms with Crippen LogP contribution < -0.4 is 5.32 Å². The third kappa shape index (κ3) is 2.42. The van der Waals surface area contributed by atoms with Gasteiger partial charge in [0.05, 0.1) is 0 Å². The van der Waals surface area contributed by atoms with Crippen molar-refractivity contribution in [2.75, 3.05) is 0 Å². The fourth-order valence-electron chi connectivity index (χ4n) is 3.00. The minimum atomic E-state index is -0.117. The average molecular weight is 292 g/mol. The predicted octanol–water partition coefficient (Wildman–Crippen LogP) is 4.31. The molecule has 4 heteroatoms. The molecule has 0 saturated heterocycles. The number of carbonyl (C=O) groups is 1. The Labute approximate surface area is 123 Å². The molecular weight excluding hydrogens is 274 g/mol. The van der Waals surface area contributed by atoms with Crippen LogP contribution in [0.5, 0.6) is 0 Å². The topological polar surface area (TPSA) is 42.2 Å². The van der Waals surface area contributed by atoms with E-state index in [9.17, 15) is 4.79 Å². The Kier molecular flexibility index (Phi) is 3.47. The molecule has 0 radical (unpaired) electrons. The fraction of sp³-hybridized carbons (Fsp3) is 0.438. The zero-order valence-electron chi connectivity index (χ0n) is 11.7. The first kappa shape index (κ1) is 13.5. The second kappa shape index (κ2) is 5.13. The number of hydrogen-bond donors (Lipinski definition) is 1. The van der Waals surface area contributed by atoms with E-state index in [0.29, 0.717) is 22.3 Å². The van der Waals surface area contributed by atoms with Gasteiger partial charge in [-0.15, -0.1) is 0 Å². The number of rotatable bonds is 2. The summed E-state index contributed by atoms with van der Waals surface area (Å²) >= 11 is 5.99. The van der Waals surface area contributed by atoms with Crippen LogP contribution in [0.4, 0.5) is 0 Å². The van der Waals surface area contributed by atoms with Gasteiger partial charge in [0, 0.05) is 22.0 Å². The summed E-state index contributed by atoms with van der Waals surface area (Å²) in [4.78, 5) is 12.3. The molecule has 2 aromatic rings. The van der Waals surface area contributed by atoms with Crippen molar-refractivity contribution in [1.29, 1.82) is 0 Å². The summed E-state index contributed by atoms with van der Waals surface area (Å²) in [5.74, 6) is 0.978. The molecule has 106 valence electrons. The van der Waals surface area contributed by atoms with E-state index >= 15 is 0 Å². The van der Waals surface area contributed by atoms with Crippen LogP contribution in [0.2, 0.25) is 5.02 Å². The van der Waals surface area contributed by atoms with Crippen molar-refractivity contribution in [2.24, 2.45) is 5.92 Å². The summed E-state index contributed by atoms with van der Waals surface area (Å²) in [5, 5.41) is 4.63. The van der Waals surface area contributed by atoms with Crippen LogP contribution in [0.15, 0.2) is 22.6 Å². The lowest BCUT2D eigenvalue weighted by Crippen LogP contribution is -2.33. The van der Waals surface area contributed by atoms with Gasteiger partial charge in [-0.3, -0.25) is 4.79 Å². The number of aryl methyl sites for hydroxylation is 1. The molecule has 1 aliphatic carbocycles. The Morgan fingerprint density at radius 1 is 1.40 bits per heavy atom. The zero-order chi connectivity index (χ0) is 14.3. The highest BCUT2D eigenvalue weighted by molar-refractivity contribution is 6.31. The molecule has 1 aliphatic rings. The van der Waals surface area contributed by atoms with Crippen LogP contribution in [0.25, 0.3) is 11.0 Å². The minimum Gasteiger partial charge on any atom is -0.451 e. The Morgan fingerprint density at radius 3 is 2.90 bits per heavy atom. The number of benzene rings is 1. The largest absolute Gasteiger partial charge is 0.451 e. The summed E-state index contributed by atoms with van der Waals surface area (Å²) in [7, 11) is 0. The van der Waals surface area contributed by atoms with E-state index < -0.39 is 0 Å². The van der Waals surface area contributed by atoms with Crippen molar-refractivity contribution in [3.8, 4) is 0 Å². The van der Waals surface area contributed by atoms with Gasteiger partial charge in [-0.1, -0.05) is 18.5 Å². The maximum atomic E-state index is 12.3. The highest BCUT2D eigenvalue weighted by Gasteiger charge is 2.25. The monoisotopic (exact) mass is 291 g/mol. The van der Waals surface area contributed by atoms with Gasteiger partial charge < -0.3 is 9.73 Å². The molecular formula is C16H18ClNO2. The Hall–Kier alpha value is -1.48. The van der Waals surface area contributed by atoms with Gasteiger partial charge in [0.2, 0.25) is 0 Å². The molecule has 20 heavy (non-hydrogen) atoms. The van der Waals surface area contributed by atoms with E-state index in [1.807, 2.05) is 13.0 Å². The first-order valence-electron chi connectivity index (χ1n) is 7.04. The van der Waals surface area contributed by atoms with E-state index in [-0.39, 0.29) is 11.9 Å². The second-order valence-electron chi connectivity index (χ2n) is 5.79. The van der Waals surface area contributed by atoms with E-state index in [1.165, 1.54) is 6.42 Å². The molecule has 1 fully saturated rings. The fourth-order valence-corrected chi connectivity index (χ4v) is 3.17. The van der Waals surface area contributed by atoms with E-state index in [2.05, 4.69) is 12.2 Å². The molecule has 1 aromatic carbocycles. The maximum absolute atomic E-state index is 12.3. The van der Waals surface area contributed by atoms with Crippen LogP contribution >= 0.6 is 11.6 Å². The smallest absolute Gasteiger partial charge is 0.287 e. The van der Waals surface area contributed by atoms with Crippen LogP contribution in [-0.2, 0) is 0 Å². The molecule has 1 saturated carbocycles. The summed E-state index contributed by atoms with van der Waals surface area (Å²) < 4.78 is 5.68. The first-order valence-corrected chi connectivity index (χ1v) is 7.42. The quantitative estimate of drug-likeness (QED) is 0.895. The number of carbonyl (C=O) groups excluding carboxylic acids is 1. The molecule has 3 nitrogen and oxygen atoms in total. The molecule has 1 N–H and O–H groups in total. The summed E-state index contributed by atoms with van der Waals surface area (Å²) in [5.41, 5.74) is 1.56. The molecule has 1 aromatic heterocycles. The lowest BCUT2D eigenvalue weighted by Gasteiger charge is -2.11. The normalized spacial score (nSPS) is 22.4. The molecule has 0 aliphatic heterocycles. The number of fused-ring (bicyclic) bond motifs is 1. The number of amides is 1. The molecule has 0 bridgehead atoms. The maximum Gasteiger partial charge on any atom is 0.287 e. The van der Waals surface area contributed by atoms with Crippen molar-refractivity contribution in [1.82, 2.24) is 5.32 Å². The SMILES string of the molecule is Cc1c(C(=O)NC2CCC(C)C2)oc2ccc(Cl)cc12. The van der Waals surface area contributed by atoms with Gasteiger partial charge >= 0.3 is 0 Å². The molecule has 0 spiro atoms. The average Bonchev–Trinajstić information content (AvgIpc) is 2.94. The highest BCUT2D eigenvalue weighted by Crippen LogP contribution is 2.29. The van der Waals surface area contributed by atoms with Crippen molar-refractivity contribution in [2.45, 2.75) is 39.2 Å². The number of halogens is 1. The summed E-state index contributed by atoms with van der Waals surface area (Å²) in [6.07, 6.45) is 3.29. The van der Waals surface area contributed by atoms with Crippen molar-refractivity contribution >= 4 is 28.5 Å². The number of nitrogens with one attached hydrogen (secondary N) is 1. The van der Waals surface area contributed by atoms with Crippen LogP contribution in [-0.4, -0.2) is 11.9 Å². The first-order chi connectivity index (χ1) is 9.54. The Balaban J connectivity index is 1.86. The lowest BCUT2D eigenvalue weighted by atomic mass is 10.1.